The second-order valence-corrected chi connectivity index (χ2v) is 7.81. The summed E-state index contributed by atoms with van der Waals surface area (Å²) in [7, 11) is 0. The molecule has 1 heterocycles. The number of rotatable bonds is 8. The number of hydrogen-bond donors (Lipinski definition) is 1. The SMILES string of the molecule is CC(=O)[C@@H](Cc1ccccc1)NC(=O)CSc1nnnn1-c1cc(C)ccc1C. The topological polar surface area (TPSA) is 89.8 Å². The van der Waals surface area contributed by atoms with E-state index in [1.165, 1.54) is 18.7 Å². The van der Waals surface area contributed by atoms with E-state index in [-0.39, 0.29) is 17.4 Å². The Morgan fingerprint density at radius 1 is 1.14 bits per heavy atom. The van der Waals surface area contributed by atoms with E-state index in [0.29, 0.717) is 11.6 Å². The Kier molecular flexibility index (Phi) is 6.77. The summed E-state index contributed by atoms with van der Waals surface area (Å²) in [5.41, 5.74) is 4.01. The van der Waals surface area contributed by atoms with Crippen LogP contribution in [0, 0.1) is 13.8 Å². The Bertz CT molecular complexity index is 1000. The van der Waals surface area contributed by atoms with Gasteiger partial charge in [0.05, 0.1) is 17.5 Å². The van der Waals surface area contributed by atoms with Gasteiger partial charge in [-0.1, -0.05) is 54.2 Å². The Balaban J connectivity index is 1.64. The van der Waals surface area contributed by atoms with Gasteiger partial charge in [0.1, 0.15) is 0 Å². The zero-order valence-electron chi connectivity index (χ0n) is 16.6. The maximum atomic E-state index is 12.5. The van der Waals surface area contributed by atoms with Crippen molar-refractivity contribution in [3.05, 3.63) is 65.2 Å². The van der Waals surface area contributed by atoms with Gasteiger partial charge in [-0.25, -0.2) is 0 Å². The minimum atomic E-state index is -0.555. The number of Topliss-reactive ketones (excluding diaryl/α,β-unsaturated/α-hetero) is 1. The predicted octanol–water partition coefficient (Wildman–Crippen LogP) is 2.69. The highest BCUT2D eigenvalue weighted by Gasteiger charge is 2.19. The average molecular weight is 410 g/mol. The van der Waals surface area contributed by atoms with Crippen LogP contribution in [0.3, 0.4) is 0 Å². The van der Waals surface area contributed by atoms with Crippen LogP contribution in [0.1, 0.15) is 23.6 Å². The molecular formula is C21H23N5O2S. The molecule has 3 aromatic rings. The van der Waals surface area contributed by atoms with Gasteiger partial charge in [-0.05, 0) is 60.4 Å². The molecule has 1 aromatic heterocycles. The van der Waals surface area contributed by atoms with Crippen molar-refractivity contribution < 1.29 is 9.59 Å². The lowest BCUT2D eigenvalue weighted by Crippen LogP contribution is -2.42. The molecule has 1 amide bonds. The number of benzene rings is 2. The number of aromatic nitrogens is 4. The van der Waals surface area contributed by atoms with Gasteiger partial charge in [0.2, 0.25) is 11.1 Å². The number of carbonyl (C=O) groups is 2. The fraction of sp³-hybridized carbons (Fsp3) is 0.286. The standard InChI is InChI=1S/C21H23N5O2S/c1-14-9-10-15(2)19(11-14)26-21(23-24-25-26)29-13-20(28)22-18(16(3)27)12-17-7-5-4-6-8-17/h4-11,18H,12-13H2,1-3H3,(H,22,28)/t18-/m1/s1. The Hall–Kier alpha value is -3.00. The van der Waals surface area contributed by atoms with Gasteiger partial charge in [-0.3, -0.25) is 9.59 Å². The minimum Gasteiger partial charge on any atom is -0.345 e. The fourth-order valence-corrected chi connectivity index (χ4v) is 3.57. The number of ketones is 1. The van der Waals surface area contributed by atoms with E-state index < -0.39 is 6.04 Å². The third-order valence-corrected chi connectivity index (χ3v) is 5.39. The highest BCUT2D eigenvalue weighted by Crippen LogP contribution is 2.21. The number of amides is 1. The molecule has 29 heavy (non-hydrogen) atoms. The van der Waals surface area contributed by atoms with Gasteiger partial charge >= 0.3 is 0 Å². The second kappa shape index (κ2) is 9.47. The smallest absolute Gasteiger partial charge is 0.231 e. The number of thioether (sulfide) groups is 1. The van der Waals surface area contributed by atoms with Gasteiger partial charge in [0.15, 0.2) is 5.78 Å². The van der Waals surface area contributed by atoms with Crippen molar-refractivity contribution in [2.24, 2.45) is 0 Å². The molecule has 0 saturated carbocycles. The van der Waals surface area contributed by atoms with Crippen LogP contribution in [0.25, 0.3) is 5.69 Å². The molecule has 1 atom stereocenters. The first-order valence-corrected chi connectivity index (χ1v) is 10.2. The van der Waals surface area contributed by atoms with Gasteiger partial charge in [0.25, 0.3) is 0 Å². The normalized spacial score (nSPS) is 11.8. The summed E-state index contributed by atoms with van der Waals surface area (Å²) in [6.07, 6.45) is 0.465. The predicted molar refractivity (Wildman–Crippen MR) is 112 cm³/mol. The first kappa shape index (κ1) is 20.7. The highest BCUT2D eigenvalue weighted by atomic mass is 32.2. The van der Waals surface area contributed by atoms with Crippen LogP contribution in [0.15, 0.2) is 53.7 Å². The van der Waals surface area contributed by atoms with Gasteiger partial charge in [-0.2, -0.15) is 4.68 Å². The zero-order chi connectivity index (χ0) is 20.8. The van der Waals surface area contributed by atoms with Crippen LogP contribution in [0.2, 0.25) is 0 Å². The largest absolute Gasteiger partial charge is 0.345 e. The summed E-state index contributed by atoms with van der Waals surface area (Å²) in [5.74, 6) is -0.196. The minimum absolute atomic E-state index is 0.0765. The molecule has 7 nitrogen and oxygen atoms in total. The lowest BCUT2D eigenvalue weighted by molar-refractivity contribution is -0.125. The number of nitrogens with one attached hydrogen (secondary N) is 1. The van der Waals surface area contributed by atoms with Gasteiger partial charge in [-0.15, -0.1) is 5.10 Å². The molecular weight excluding hydrogens is 386 g/mol. The van der Waals surface area contributed by atoms with Gasteiger partial charge in [0, 0.05) is 0 Å². The maximum Gasteiger partial charge on any atom is 0.231 e. The lowest BCUT2D eigenvalue weighted by atomic mass is 10.0. The molecule has 2 aromatic carbocycles. The van der Waals surface area contributed by atoms with E-state index in [2.05, 4.69) is 20.8 Å². The van der Waals surface area contributed by atoms with Crippen LogP contribution in [0.4, 0.5) is 0 Å². The molecule has 8 heteroatoms. The summed E-state index contributed by atoms with van der Waals surface area (Å²) in [6, 6.07) is 15.1. The van der Waals surface area contributed by atoms with Crippen molar-refractivity contribution in [1.29, 1.82) is 0 Å². The second-order valence-electron chi connectivity index (χ2n) is 6.87. The van der Waals surface area contributed by atoms with Crippen LogP contribution >= 0.6 is 11.8 Å². The third-order valence-electron chi connectivity index (χ3n) is 4.47. The third kappa shape index (κ3) is 5.51. The number of carbonyl (C=O) groups excluding carboxylic acids is 2. The van der Waals surface area contributed by atoms with Crippen LogP contribution < -0.4 is 5.32 Å². The van der Waals surface area contributed by atoms with Crippen molar-refractivity contribution in [2.45, 2.75) is 38.4 Å². The number of nitrogens with zero attached hydrogens (tertiary/aromatic N) is 4. The average Bonchev–Trinajstić information content (AvgIpc) is 3.17. The molecule has 0 radical (unpaired) electrons. The fourth-order valence-electron chi connectivity index (χ4n) is 2.88. The van der Waals surface area contributed by atoms with E-state index in [4.69, 9.17) is 0 Å². The summed E-state index contributed by atoms with van der Waals surface area (Å²) >= 11 is 1.23. The highest BCUT2D eigenvalue weighted by molar-refractivity contribution is 7.99. The first-order valence-electron chi connectivity index (χ1n) is 9.26. The number of hydrogen-bond acceptors (Lipinski definition) is 6. The number of tetrazole rings is 1. The summed E-state index contributed by atoms with van der Waals surface area (Å²) < 4.78 is 1.63. The summed E-state index contributed by atoms with van der Waals surface area (Å²) in [5, 5.41) is 15.2. The van der Waals surface area contributed by atoms with Crippen molar-refractivity contribution in [3.63, 3.8) is 0 Å². The zero-order valence-corrected chi connectivity index (χ0v) is 17.4. The Morgan fingerprint density at radius 3 is 2.62 bits per heavy atom. The maximum absolute atomic E-state index is 12.5. The van der Waals surface area contributed by atoms with E-state index in [9.17, 15) is 9.59 Å². The Morgan fingerprint density at radius 2 is 1.90 bits per heavy atom. The molecule has 150 valence electrons. The quantitative estimate of drug-likeness (QED) is 0.576. The van der Waals surface area contributed by atoms with E-state index in [1.807, 2.05) is 62.4 Å². The van der Waals surface area contributed by atoms with Crippen molar-refractivity contribution >= 4 is 23.5 Å². The van der Waals surface area contributed by atoms with E-state index in [1.54, 1.807) is 4.68 Å². The molecule has 0 aliphatic carbocycles. The summed E-state index contributed by atoms with van der Waals surface area (Å²) in [6.45, 7) is 5.48. The molecule has 3 rings (SSSR count). The molecule has 1 N–H and O–H groups in total. The van der Waals surface area contributed by atoms with E-state index in [0.717, 1.165) is 22.4 Å². The summed E-state index contributed by atoms with van der Waals surface area (Å²) in [4.78, 5) is 24.4. The van der Waals surface area contributed by atoms with Crippen molar-refractivity contribution in [1.82, 2.24) is 25.5 Å². The van der Waals surface area contributed by atoms with Crippen LogP contribution in [-0.2, 0) is 16.0 Å². The monoisotopic (exact) mass is 409 g/mol. The Labute approximate surface area is 173 Å². The van der Waals surface area contributed by atoms with Crippen molar-refractivity contribution in [2.75, 3.05) is 5.75 Å². The van der Waals surface area contributed by atoms with Crippen molar-refractivity contribution in [3.8, 4) is 5.69 Å². The molecule has 0 saturated heterocycles. The molecule has 0 spiro atoms. The molecule has 0 fully saturated rings. The molecule has 0 unspecified atom stereocenters. The van der Waals surface area contributed by atoms with Crippen LogP contribution in [0.5, 0.6) is 0 Å². The lowest BCUT2D eigenvalue weighted by Gasteiger charge is -2.16. The van der Waals surface area contributed by atoms with Gasteiger partial charge < -0.3 is 5.32 Å². The molecule has 0 aliphatic heterocycles. The van der Waals surface area contributed by atoms with E-state index >= 15 is 0 Å². The van der Waals surface area contributed by atoms with Crippen LogP contribution in [-0.4, -0.2) is 43.7 Å². The molecule has 0 bridgehead atoms. The number of aryl methyl sites for hydroxylation is 2. The molecule has 0 aliphatic rings. The first-order chi connectivity index (χ1) is 13.9.